The van der Waals surface area contributed by atoms with Crippen LogP contribution in [0.2, 0.25) is 0 Å². The van der Waals surface area contributed by atoms with Crippen LogP contribution in [0.15, 0.2) is 71.8 Å². The van der Waals surface area contributed by atoms with Gasteiger partial charge in [-0.15, -0.1) is 11.3 Å². The van der Waals surface area contributed by atoms with Crippen molar-refractivity contribution in [2.45, 2.75) is 70.1 Å². The third-order valence-corrected chi connectivity index (χ3v) is 11.1. The summed E-state index contributed by atoms with van der Waals surface area (Å²) in [6.45, 7) is 4.76. The van der Waals surface area contributed by atoms with Crippen LogP contribution in [0, 0.1) is 5.92 Å². The van der Waals surface area contributed by atoms with Gasteiger partial charge < -0.3 is 40.2 Å². The summed E-state index contributed by atoms with van der Waals surface area (Å²) in [5.41, 5.74) is 8.08. The highest BCUT2D eigenvalue weighted by atomic mass is 32.1. The molecular weight excluding hydrogens is 735 g/mol. The first kappa shape index (κ1) is 38.3. The lowest BCUT2D eigenvalue weighted by molar-refractivity contribution is -0.135. The molecule has 1 unspecified atom stereocenters. The van der Waals surface area contributed by atoms with Gasteiger partial charge in [0.15, 0.2) is 0 Å². The first-order valence-corrected chi connectivity index (χ1v) is 19.7. The zero-order valence-electron chi connectivity index (χ0n) is 31.4. The third kappa shape index (κ3) is 8.29. The van der Waals surface area contributed by atoms with Crippen LogP contribution < -0.4 is 10.6 Å². The number of rotatable bonds is 12. The first-order chi connectivity index (χ1) is 27.1. The predicted octanol–water partition coefficient (Wildman–Crippen LogP) is 6.18. The second-order valence-electron chi connectivity index (χ2n) is 14.4. The van der Waals surface area contributed by atoms with Gasteiger partial charge in [0.2, 0.25) is 11.8 Å². The fourth-order valence-electron chi connectivity index (χ4n) is 7.59. The van der Waals surface area contributed by atoms with Crippen molar-refractivity contribution in [1.82, 2.24) is 45.4 Å². The van der Waals surface area contributed by atoms with Gasteiger partial charge in [0.1, 0.15) is 23.7 Å². The van der Waals surface area contributed by atoms with Crippen LogP contribution in [-0.2, 0) is 20.7 Å². The molecule has 4 amide bonds. The van der Waals surface area contributed by atoms with Gasteiger partial charge in [0, 0.05) is 24.9 Å². The monoisotopic (exact) mass is 779 g/mol. The second kappa shape index (κ2) is 16.8. The summed E-state index contributed by atoms with van der Waals surface area (Å²) < 4.78 is 4.80. The van der Waals surface area contributed by atoms with Gasteiger partial charge in [-0.25, -0.2) is 24.5 Å². The first-order valence-electron chi connectivity index (χ1n) is 18.7. The van der Waals surface area contributed by atoms with Gasteiger partial charge in [-0.2, -0.15) is 0 Å². The van der Waals surface area contributed by atoms with Crippen LogP contribution in [0.4, 0.5) is 9.59 Å². The Kier molecular flexibility index (Phi) is 11.5. The summed E-state index contributed by atoms with van der Waals surface area (Å²) in [7, 11) is 1.27. The molecule has 0 aliphatic carbocycles. The molecule has 0 saturated carbocycles. The summed E-state index contributed by atoms with van der Waals surface area (Å²) in [4.78, 5) is 74.6. The molecule has 0 spiro atoms. The highest BCUT2D eigenvalue weighted by Crippen LogP contribution is 2.35. The number of imidazole rings is 2. The summed E-state index contributed by atoms with van der Waals surface area (Å²) >= 11 is 1.43. The highest BCUT2D eigenvalue weighted by molar-refractivity contribution is 7.07. The number of amides is 4. The zero-order valence-corrected chi connectivity index (χ0v) is 32.2. The van der Waals surface area contributed by atoms with Crippen molar-refractivity contribution in [3.63, 3.8) is 0 Å². The van der Waals surface area contributed by atoms with E-state index in [1.807, 2.05) is 43.5 Å². The number of nitrogens with zero attached hydrogens (tertiary/aromatic N) is 5. The van der Waals surface area contributed by atoms with Gasteiger partial charge >= 0.3 is 12.2 Å². The number of H-pyrrole nitrogens is 2. The molecule has 292 valence electrons. The van der Waals surface area contributed by atoms with Gasteiger partial charge in [-0.1, -0.05) is 62.4 Å². The van der Waals surface area contributed by atoms with E-state index in [9.17, 15) is 24.3 Å². The maximum Gasteiger partial charge on any atom is 0.407 e. The lowest BCUT2D eigenvalue weighted by Gasteiger charge is -2.29. The molecule has 0 bridgehead atoms. The Hall–Kier alpha value is -6.03. The topological polar surface area (TPSA) is 199 Å². The normalized spacial score (nSPS) is 17.9. The Balaban J connectivity index is 1.00. The van der Waals surface area contributed by atoms with Crippen molar-refractivity contribution in [3.05, 3.63) is 89.2 Å². The van der Waals surface area contributed by atoms with E-state index in [4.69, 9.17) is 4.74 Å². The molecule has 2 saturated heterocycles. The SMILES string of the molecule is COC(=O)N[C@@H](Cc1cscn1)C(=O)N1CCCC1c1ncc(-c2ccc(-c3ccc(-c4cnc([C@@H]5CCCN5C(=O)[C@@H](NC(=O)O)C(C)C)[nH]4)cc3)cc2)[nH]1. The maximum atomic E-state index is 13.8. The number of carboxylic acid groups (broad SMARTS) is 1. The molecule has 2 aromatic carbocycles. The molecule has 2 aliphatic heterocycles. The molecule has 56 heavy (non-hydrogen) atoms. The Bertz CT molecular complexity index is 2150. The van der Waals surface area contributed by atoms with E-state index >= 15 is 0 Å². The molecule has 7 rings (SSSR count). The van der Waals surface area contributed by atoms with Gasteiger partial charge in [-0.3, -0.25) is 9.59 Å². The van der Waals surface area contributed by atoms with E-state index in [0.717, 1.165) is 65.0 Å². The van der Waals surface area contributed by atoms with Crippen LogP contribution in [0.5, 0.6) is 0 Å². The van der Waals surface area contributed by atoms with E-state index in [2.05, 4.69) is 59.8 Å². The van der Waals surface area contributed by atoms with Crippen molar-refractivity contribution in [2.75, 3.05) is 20.2 Å². The van der Waals surface area contributed by atoms with E-state index < -0.39 is 24.3 Å². The van der Waals surface area contributed by atoms with Crippen LogP contribution in [-0.4, -0.2) is 96.1 Å². The largest absolute Gasteiger partial charge is 0.465 e. The lowest BCUT2D eigenvalue weighted by Crippen LogP contribution is -2.50. The lowest BCUT2D eigenvalue weighted by atomic mass is 10.0. The van der Waals surface area contributed by atoms with Crippen molar-refractivity contribution in [2.24, 2.45) is 5.92 Å². The minimum absolute atomic E-state index is 0.189. The number of methoxy groups -OCH3 is 1. The van der Waals surface area contributed by atoms with Crippen LogP contribution in [0.25, 0.3) is 33.6 Å². The Morgan fingerprint density at radius 2 is 1.32 bits per heavy atom. The van der Waals surface area contributed by atoms with Crippen LogP contribution >= 0.6 is 11.3 Å². The summed E-state index contributed by atoms with van der Waals surface area (Å²) in [6, 6.07) is 14.2. The standard InChI is InChI=1S/C40H45N9O6S/c1-23(2)34(47-39(52)53)38(51)49-17-5-7-33(49)36-42-20-31(45-36)27-14-10-25(11-15-27)24-8-12-26(13-9-24)30-19-41-35(44-30)32-6-4-16-48(32)37(50)29(46-40(54)55-3)18-28-21-56-22-43-28/h8-15,19-23,29,32-34,47H,4-7,16-18H2,1-3H3,(H,41,44)(H,42,45)(H,46,54)(H,52,53)/t29-,32?,33-,34-/m0/s1. The number of nitrogens with one attached hydrogen (secondary N) is 4. The molecule has 15 nitrogen and oxygen atoms in total. The molecule has 5 aromatic rings. The molecule has 0 radical (unpaired) electrons. The number of alkyl carbamates (subject to hydrolysis) is 1. The molecule has 5 heterocycles. The van der Waals surface area contributed by atoms with Crippen LogP contribution in [0.3, 0.4) is 0 Å². The quantitative estimate of drug-likeness (QED) is 0.0982. The van der Waals surface area contributed by atoms with Gasteiger partial charge in [0.05, 0.1) is 54.2 Å². The minimum atomic E-state index is -1.22. The number of benzene rings is 2. The molecular formula is C40H45N9O6S. The van der Waals surface area contributed by atoms with Gasteiger partial charge in [-0.05, 0) is 53.9 Å². The second-order valence-corrected chi connectivity index (χ2v) is 15.2. The molecule has 2 aliphatic rings. The fourth-order valence-corrected chi connectivity index (χ4v) is 8.16. The summed E-state index contributed by atoms with van der Waals surface area (Å²) in [5.74, 6) is 0.753. The van der Waals surface area contributed by atoms with E-state index in [0.29, 0.717) is 24.7 Å². The van der Waals surface area contributed by atoms with Crippen molar-refractivity contribution in [1.29, 1.82) is 0 Å². The maximum absolute atomic E-state index is 13.8. The fraction of sp³-hybridized carbons (Fsp3) is 0.375. The smallest absolute Gasteiger partial charge is 0.407 e. The van der Waals surface area contributed by atoms with E-state index in [1.165, 1.54) is 18.4 Å². The molecule has 4 atom stereocenters. The molecule has 16 heteroatoms. The Morgan fingerprint density at radius 1 is 0.804 bits per heavy atom. The third-order valence-electron chi connectivity index (χ3n) is 10.5. The number of hydrogen-bond acceptors (Lipinski definition) is 9. The van der Waals surface area contributed by atoms with Gasteiger partial charge in [0.25, 0.3) is 0 Å². The zero-order chi connectivity index (χ0) is 39.3. The number of carbonyl (C=O) groups is 4. The Morgan fingerprint density at radius 3 is 1.79 bits per heavy atom. The average Bonchev–Trinajstić information content (AvgIpc) is 4.05. The molecule has 5 N–H and O–H groups in total. The number of aromatic amines is 2. The highest BCUT2D eigenvalue weighted by Gasteiger charge is 2.38. The minimum Gasteiger partial charge on any atom is -0.465 e. The molecule has 3 aromatic heterocycles. The summed E-state index contributed by atoms with van der Waals surface area (Å²) in [6.07, 6.45) is 5.06. The van der Waals surface area contributed by atoms with E-state index in [-0.39, 0.29) is 36.2 Å². The van der Waals surface area contributed by atoms with Crippen molar-refractivity contribution >= 4 is 35.3 Å². The number of thiazole rings is 1. The van der Waals surface area contributed by atoms with Crippen molar-refractivity contribution in [3.8, 4) is 33.6 Å². The number of ether oxygens (including phenoxy) is 1. The number of likely N-dealkylation sites (tertiary alicyclic amines) is 2. The van der Waals surface area contributed by atoms with Crippen molar-refractivity contribution < 1.29 is 29.0 Å². The number of hydrogen-bond donors (Lipinski definition) is 5. The number of aromatic nitrogens is 5. The molecule has 2 fully saturated rings. The summed E-state index contributed by atoms with van der Waals surface area (Å²) in [5, 5.41) is 16.2. The average molecular weight is 780 g/mol. The van der Waals surface area contributed by atoms with E-state index in [1.54, 1.807) is 27.7 Å². The number of carbonyl (C=O) groups excluding carboxylic acids is 3. The Labute approximate surface area is 327 Å². The predicted molar refractivity (Wildman–Crippen MR) is 209 cm³/mol. The van der Waals surface area contributed by atoms with Crippen LogP contribution in [0.1, 0.15) is 69.0 Å².